The lowest BCUT2D eigenvalue weighted by molar-refractivity contribution is -0.112. The fourth-order valence-electron chi connectivity index (χ4n) is 3.12. The van der Waals surface area contributed by atoms with Crippen LogP contribution in [-0.4, -0.2) is 23.4 Å². The number of benzene rings is 2. The highest BCUT2D eigenvalue weighted by Gasteiger charge is 2.21. The van der Waals surface area contributed by atoms with Crippen LogP contribution in [0.2, 0.25) is 0 Å². The van der Waals surface area contributed by atoms with E-state index in [-0.39, 0.29) is 0 Å². The van der Waals surface area contributed by atoms with Crippen LogP contribution in [0.1, 0.15) is 15.9 Å². The lowest BCUT2D eigenvalue weighted by Gasteiger charge is -2.05. The molecule has 0 aliphatic carbocycles. The molecule has 0 bridgehead atoms. The molecule has 6 heteroatoms. The van der Waals surface area contributed by atoms with Gasteiger partial charge in [-0.05, 0) is 52.7 Å². The summed E-state index contributed by atoms with van der Waals surface area (Å²) in [6.07, 6.45) is 1.76. The third-order valence-electron chi connectivity index (χ3n) is 4.52. The molecule has 4 rings (SSSR count). The van der Waals surface area contributed by atoms with E-state index in [1.54, 1.807) is 48.9 Å². The van der Waals surface area contributed by atoms with Crippen molar-refractivity contribution in [2.75, 3.05) is 12.4 Å². The lowest BCUT2D eigenvalue weighted by Crippen LogP contribution is -2.22. The molecule has 2 aromatic carbocycles. The number of nitrogens with one attached hydrogen (secondary N) is 1. The van der Waals surface area contributed by atoms with Crippen LogP contribution in [-0.2, 0) is 11.3 Å². The van der Waals surface area contributed by atoms with Gasteiger partial charge >= 0.3 is 0 Å². The minimum atomic E-state index is -0.663. The Bertz CT molecular complexity index is 1130. The number of Topliss-reactive ketones (excluding diaryl/α,β-unsaturated/α-hetero) is 1. The second-order valence-corrected chi connectivity index (χ2v) is 7.11. The number of hydrogen-bond donors (Lipinski definition) is 1. The van der Waals surface area contributed by atoms with Crippen molar-refractivity contribution in [3.8, 4) is 5.75 Å². The van der Waals surface area contributed by atoms with E-state index < -0.39 is 11.7 Å². The van der Waals surface area contributed by atoms with Crippen LogP contribution in [0.5, 0.6) is 5.75 Å². The first kappa shape index (κ1) is 18.0. The Morgan fingerprint density at radius 1 is 1.07 bits per heavy atom. The molecule has 140 valence electrons. The Morgan fingerprint density at radius 2 is 1.86 bits per heavy atom. The average molecular weight is 390 g/mol. The number of amides is 1. The van der Waals surface area contributed by atoms with Crippen molar-refractivity contribution >= 4 is 39.6 Å². The van der Waals surface area contributed by atoms with E-state index in [1.807, 2.05) is 34.2 Å². The number of anilines is 1. The van der Waals surface area contributed by atoms with Crippen LogP contribution < -0.4 is 10.1 Å². The fraction of sp³-hybridized carbons (Fsp3) is 0.0909. The number of ketones is 1. The number of carbonyl (C=O) groups excluding carboxylic acids is 2. The van der Waals surface area contributed by atoms with E-state index in [9.17, 15) is 9.59 Å². The van der Waals surface area contributed by atoms with E-state index in [2.05, 4.69) is 16.8 Å². The molecular weight excluding hydrogens is 372 g/mol. The molecule has 2 heterocycles. The van der Waals surface area contributed by atoms with E-state index in [0.29, 0.717) is 23.5 Å². The van der Waals surface area contributed by atoms with Gasteiger partial charge in [-0.25, -0.2) is 0 Å². The van der Waals surface area contributed by atoms with E-state index in [1.165, 1.54) is 0 Å². The Morgan fingerprint density at radius 3 is 2.57 bits per heavy atom. The van der Waals surface area contributed by atoms with Gasteiger partial charge < -0.3 is 14.6 Å². The molecule has 1 N–H and O–H groups in total. The summed E-state index contributed by atoms with van der Waals surface area (Å²) in [7, 11) is 1.57. The summed E-state index contributed by atoms with van der Waals surface area (Å²) in [6.45, 7) is 0.650. The summed E-state index contributed by atoms with van der Waals surface area (Å²) in [5.74, 6) is -0.541. The van der Waals surface area contributed by atoms with Crippen molar-refractivity contribution in [3.63, 3.8) is 0 Å². The number of methoxy groups -OCH3 is 1. The zero-order valence-corrected chi connectivity index (χ0v) is 16.0. The average Bonchev–Trinajstić information content (AvgIpc) is 3.37. The van der Waals surface area contributed by atoms with Crippen LogP contribution in [0.15, 0.2) is 71.6 Å². The van der Waals surface area contributed by atoms with Gasteiger partial charge in [-0.3, -0.25) is 9.59 Å². The molecule has 4 aromatic rings. The smallest absolute Gasteiger partial charge is 0.296 e. The predicted octanol–water partition coefficient (Wildman–Crippen LogP) is 4.58. The summed E-state index contributed by atoms with van der Waals surface area (Å²) in [5.41, 5.74) is 3.03. The van der Waals surface area contributed by atoms with Gasteiger partial charge in [0.05, 0.1) is 12.7 Å². The van der Waals surface area contributed by atoms with Crippen molar-refractivity contribution in [2.45, 2.75) is 6.54 Å². The Kier molecular flexibility index (Phi) is 4.95. The molecule has 1 amide bonds. The van der Waals surface area contributed by atoms with Gasteiger partial charge in [0.25, 0.3) is 11.7 Å². The first-order valence-corrected chi connectivity index (χ1v) is 9.68. The quantitative estimate of drug-likeness (QED) is 0.387. The van der Waals surface area contributed by atoms with Crippen molar-refractivity contribution < 1.29 is 14.3 Å². The highest BCUT2D eigenvalue weighted by molar-refractivity contribution is 7.07. The van der Waals surface area contributed by atoms with Gasteiger partial charge in [0.15, 0.2) is 0 Å². The highest BCUT2D eigenvalue weighted by atomic mass is 32.1. The normalized spacial score (nSPS) is 10.8. The minimum Gasteiger partial charge on any atom is -0.497 e. The first-order chi connectivity index (χ1) is 13.7. The van der Waals surface area contributed by atoms with Crippen LogP contribution in [0.3, 0.4) is 0 Å². The molecule has 0 radical (unpaired) electrons. The molecule has 0 saturated heterocycles. The van der Waals surface area contributed by atoms with Crippen LogP contribution >= 0.6 is 11.3 Å². The summed E-state index contributed by atoms with van der Waals surface area (Å²) < 4.78 is 7.11. The number of nitrogens with zero attached hydrogens (tertiary/aromatic N) is 1. The van der Waals surface area contributed by atoms with Gasteiger partial charge in [0, 0.05) is 29.3 Å². The molecule has 0 unspecified atom stereocenters. The first-order valence-electron chi connectivity index (χ1n) is 8.74. The van der Waals surface area contributed by atoms with Crippen molar-refractivity contribution in [2.24, 2.45) is 0 Å². The van der Waals surface area contributed by atoms with Gasteiger partial charge in [-0.1, -0.05) is 18.2 Å². The number of thiophene rings is 1. The minimum absolute atomic E-state index is 0.400. The molecule has 0 spiro atoms. The Balaban J connectivity index is 1.62. The summed E-state index contributed by atoms with van der Waals surface area (Å²) in [5, 5.41) is 7.53. The largest absolute Gasteiger partial charge is 0.497 e. The third-order valence-corrected chi connectivity index (χ3v) is 5.25. The van der Waals surface area contributed by atoms with E-state index >= 15 is 0 Å². The molecular formula is C22H18N2O3S. The highest BCUT2D eigenvalue weighted by Crippen LogP contribution is 2.24. The molecule has 5 nitrogen and oxygen atoms in total. The third kappa shape index (κ3) is 3.54. The second-order valence-electron chi connectivity index (χ2n) is 6.33. The van der Waals surface area contributed by atoms with Crippen LogP contribution in [0, 0.1) is 0 Å². The molecule has 2 aromatic heterocycles. The van der Waals surface area contributed by atoms with Crippen molar-refractivity contribution in [1.82, 2.24) is 4.57 Å². The fourth-order valence-corrected chi connectivity index (χ4v) is 3.78. The molecule has 0 saturated carbocycles. The zero-order valence-electron chi connectivity index (χ0n) is 15.2. The van der Waals surface area contributed by atoms with Gasteiger partial charge in [-0.15, -0.1) is 0 Å². The number of hydrogen-bond acceptors (Lipinski definition) is 4. The second kappa shape index (κ2) is 7.70. The standard InChI is InChI=1S/C22H18N2O3S/c1-27-17-8-6-16(7-9-17)23-22(26)21(25)19-13-24(12-15-10-11-28-14-15)20-5-3-2-4-18(19)20/h2-11,13-14H,12H2,1H3,(H,23,26). The summed E-state index contributed by atoms with van der Waals surface area (Å²) in [4.78, 5) is 25.4. The zero-order chi connectivity index (χ0) is 19.5. The maximum Gasteiger partial charge on any atom is 0.296 e. The van der Waals surface area contributed by atoms with Crippen molar-refractivity contribution in [1.29, 1.82) is 0 Å². The number of aromatic nitrogens is 1. The molecule has 0 aliphatic heterocycles. The van der Waals surface area contributed by atoms with Gasteiger partial charge in [0.2, 0.25) is 0 Å². The van der Waals surface area contributed by atoms with Crippen molar-refractivity contribution in [3.05, 3.63) is 82.7 Å². The molecule has 0 fully saturated rings. The number of ether oxygens (including phenoxy) is 1. The lowest BCUT2D eigenvalue weighted by atomic mass is 10.1. The Labute approximate surface area is 166 Å². The number of fused-ring (bicyclic) bond motifs is 1. The molecule has 28 heavy (non-hydrogen) atoms. The van der Waals surface area contributed by atoms with E-state index in [4.69, 9.17) is 4.74 Å². The van der Waals surface area contributed by atoms with Gasteiger partial charge in [0.1, 0.15) is 5.75 Å². The predicted molar refractivity (Wildman–Crippen MR) is 111 cm³/mol. The SMILES string of the molecule is COc1ccc(NC(=O)C(=O)c2cn(Cc3ccsc3)c3ccccc23)cc1. The summed E-state index contributed by atoms with van der Waals surface area (Å²) in [6, 6.07) is 16.5. The number of carbonyl (C=O) groups is 2. The topological polar surface area (TPSA) is 60.3 Å². The maximum absolute atomic E-state index is 12.9. The Hall–Kier alpha value is -3.38. The van der Waals surface area contributed by atoms with E-state index in [0.717, 1.165) is 16.5 Å². The van der Waals surface area contributed by atoms with Gasteiger partial charge in [-0.2, -0.15) is 11.3 Å². The monoisotopic (exact) mass is 390 g/mol. The molecule has 0 atom stereocenters. The van der Waals surface area contributed by atoms with Crippen LogP contribution in [0.4, 0.5) is 5.69 Å². The number of rotatable bonds is 6. The maximum atomic E-state index is 12.9. The summed E-state index contributed by atoms with van der Waals surface area (Å²) >= 11 is 1.63. The molecule has 0 aliphatic rings. The number of para-hydroxylation sites is 1. The van der Waals surface area contributed by atoms with Crippen LogP contribution in [0.25, 0.3) is 10.9 Å².